The lowest BCUT2D eigenvalue weighted by molar-refractivity contribution is -0.122. The largest absolute Gasteiger partial charge is 0.494 e. The summed E-state index contributed by atoms with van der Waals surface area (Å²) in [6, 6.07) is 16.6. The van der Waals surface area contributed by atoms with E-state index in [0.717, 1.165) is 23.3 Å². The third kappa shape index (κ3) is 6.81. The predicted octanol–water partition coefficient (Wildman–Crippen LogP) is 5.65. The molecule has 0 aromatic heterocycles. The smallest absolute Gasteiger partial charge is 0.335 e. The maximum Gasteiger partial charge on any atom is 0.335 e. The Labute approximate surface area is 226 Å². The summed E-state index contributed by atoms with van der Waals surface area (Å²) in [5.74, 6) is -0.409. The summed E-state index contributed by atoms with van der Waals surface area (Å²) in [6.07, 6.45) is 3.31. The number of amides is 4. The summed E-state index contributed by atoms with van der Waals surface area (Å²) in [5.41, 5.74) is 1.37. The molecule has 0 aliphatic carbocycles. The van der Waals surface area contributed by atoms with Gasteiger partial charge in [0.15, 0.2) is 11.5 Å². The van der Waals surface area contributed by atoms with Crippen molar-refractivity contribution in [2.24, 2.45) is 0 Å². The quantitative estimate of drug-likeness (QED) is 0.195. The van der Waals surface area contributed by atoms with Gasteiger partial charge in [0, 0.05) is 0 Å². The average molecular weight is 533 g/mol. The number of benzene rings is 3. The number of nitrogens with zero attached hydrogens (tertiary/aromatic N) is 1. The third-order valence-electron chi connectivity index (χ3n) is 5.85. The van der Waals surface area contributed by atoms with Gasteiger partial charge >= 0.3 is 6.03 Å². The standard InChI is InChI=1S/C30H29FN2O6/c1-3-5-16-38-24-13-11-23(12-14-24)33-29(35)25(28(34)32-30(33)36)17-21-8-15-26(27(18-21)37-4-2)39-19-20-6-9-22(31)10-7-20/h6-15,17-18H,3-5,16,19H2,1-2H3,(H,32,34,36)/b25-17-. The second-order valence-corrected chi connectivity index (χ2v) is 8.71. The maximum atomic E-state index is 13.3. The van der Waals surface area contributed by atoms with E-state index in [1.807, 2.05) is 6.92 Å². The molecular formula is C30H29FN2O6. The lowest BCUT2D eigenvalue weighted by Gasteiger charge is -2.26. The van der Waals surface area contributed by atoms with Crippen LogP contribution in [0.2, 0.25) is 0 Å². The van der Waals surface area contributed by atoms with E-state index in [0.29, 0.717) is 41.7 Å². The number of carbonyl (C=O) groups is 3. The van der Waals surface area contributed by atoms with Gasteiger partial charge in [0.2, 0.25) is 0 Å². The van der Waals surface area contributed by atoms with E-state index < -0.39 is 17.8 Å². The zero-order valence-electron chi connectivity index (χ0n) is 21.7. The van der Waals surface area contributed by atoms with Crippen LogP contribution < -0.4 is 24.4 Å². The minimum atomic E-state index is -0.832. The van der Waals surface area contributed by atoms with Gasteiger partial charge in [-0.2, -0.15) is 0 Å². The van der Waals surface area contributed by atoms with Crippen LogP contribution in [0.4, 0.5) is 14.9 Å². The number of hydrogen-bond acceptors (Lipinski definition) is 6. The third-order valence-corrected chi connectivity index (χ3v) is 5.85. The van der Waals surface area contributed by atoms with Crippen LogP contribution in [0.3, 0.4) is 0 Å². The minimum absolute atomic E-state index is 0.196. The summed E-state index contributed by atoms with van der Waals surface area (Å²) in [5, 5.41) is 2.22. The maximum absolute atomic E-state index is 13.3. The van der Waals surface area contributed by atoms with Gasteiger partial charge in [0.1, 0.15) is 23.7 Å². The van der Waals surface area contributed by atoms with Crippen LogP contribution in [0.15, 0.2) is 72.3 Å². The number of imide groups is 2. The summed E-state index contributed by atoms with van der Waals surface area (Å²) < 4.78 is 30.4. The Morgan fingerprint density at radius 3 is 2.31 bits per heavy atom. The van der Waals surface area contributed by atoms with Gasteiger partial charge < -0.3 is 14.2 Å². The lowest BCUT2D eigenvalue weighted by Crippen LogP contribution is -2.54. The number of nitrogens with one attached hydrogen (secondary N) is 1. The normalized spacial score (nSPS) is 14.4. The van der Waals surface area contributed by atoms with Gasteiger partial charge in [0.25, 0.3) is 11.8 Å². The Kier molecular flexibility index (Phi) is 8.94. The molecule has 1 saturated heterocycles. The van der Waals surface area contributed by atoms with Gasteiger partial charge in [-0.25, -0.2) is 14.1 Å². The highest BCUT2D eigenvalue weighted by Crippen LogP contribution is 2.31. The van der Waals surface area contributed by atoms with Crippen molar-refractivity contribution in [3.05, 3.63) is 89.2 Å². The van der Waals surface area contributed by atoms with Crippen molar-refractivity contribution in [3.8, 4) is 17.2 Å². The van der Waals surface area contributed by atoms with E-state index in [1.165, 1.54) is 18.2 Å². The first-order valence-electron chi connectivity index (χ1n) is 12.7. The molecule has 3 aromatic carbocycles. The molecule has 0 atom stereocenters. The molecule has 1 N–H and O–H groups in total. The summed E-state index contributed by atoms with van der Waals surface area (Å²) >= 11 is 0. The Balaban J connectivity index is 1.54. The first-order chi connectivity index (χ1) is 18.9. The van der Waals surface area contributed by atoms with Crippen molar-refractivity contribution < 1.29 is 33.0 Å². The van der Waals surface area contributed by atoms with Crippen molar-refractivity contribution in [1.82, 2.24) is 5.32 Å². The molecule has 0 radical (unpaired) electrons. The summed E-state index contributed by atoms with van der Waals surface area (Å²) in [4.78, 5) is 39.3. The minimum Gasteiger partial charge on any atom is -0.494 e. The van der Waals surface area contributed by atoms with E-state index in [4.69, 9.17) is 14.2 Å². The lowest BCUT2D eigenvalue weighted by atomic mass is 10.1. The molecule has 1 fully saturated rings. The average Bonchev–Trinajstić information content (AvgIpc) is 2.92. The molecule has 39 heavy (non-hydrogen) atoms. The van der Waals surface area contributed by atoms with E-state index >= 15 is 0 Å². The van der Waals surface area contributed by atoms with Crippen LogP contribution >= 0.6 is 0 Å². The number of urea groups is 1. The van der Waals surface area contributed by atoms with Crippen molar-refractivity contribution in [3.63, 3.8) is 0 Å². The van der Waals surface area contributed by atoms with Gasteiger partial charge in [-0.05, 0) is 79.1 Å². The Morgan fingerprint density at radius 2 is 1.62 bits per heavy atom. The van der Waals surface area contributed by atoms with Gasteiger partial charge in [-0.3, -0.25) is 14.9 Å². The van der Waals surface area contributed by atoms with Crippen LogP contribution in [0.5, 0.6) is 17.2 Å². The second-order valence-electron chi connectivity index (χ2n) is 8.71. The van der Waals surface area contributed by atoms with Gasteiger partial charge in [-0.1, -0.05) is 31.5 Å². The molecule has 4 amide bonds. The number of barbiturate groups is 1. The second kappa shape index (κ2) is 12.7. The van der Waals surface area contributed by atoms with E-state index in [-0.39, 0.29) is 18.0 Å². The molecule has 1 aliphatic heterocycles. The topological polar surface area (TPSA) is 94.2 Å². The number of rotatable bonds is 11. The highest BCUT2D eigenvalue weighted by atomic mass is 19.1. The van der Waals surface area contributed by atoms with E-state index in [2.05, 4.69) is 12.2 Å². The molecule has 3 aromatic rings. The summed E-state index contributed by atoms with van der Waals surface area (Å²) in [7, 11) is 0. The molecule has 0 bridgehead atoms. The molecule has 1 heterocycles. The zero-order valence-corrected chi connectivity index (χ0v) is 21.7. The Hall–Kier alpha value is -4.66. The van der Waals surface area contributed by atoms with Crippen LogP contribution in [-0.4, -0.2) is 31.1 Å². The number of halogens is 1. The number of carbonyl (C=O) groups excluding carboxylic acids is 3. The highest BCUT2D eigenvalue weighted by Gasteiger charge is 2.36. The number of ether oxygens (including phenoxy) is 3. The van der Waals surface area contributed by atoms with Gasteiger partial charge in [-0.15, -0.1) is 0 Å². The van der Waals surface area contributed by atoms with Crippen molar-refractivity contribution in [2.75, 3.05) is 18.1 Å². The molecule has 0 saturated carbocycles. The number of anilines is 1. The van der Waals surface area contributed by atoms with Crippen LogP contribution in [0.25, 0.3) is 6.08 Å². The number of unbranched alkanes of at least 4 members (excludes halogenated alkanes) is 1. The van der Waals surface area contributed by atoms with Crippen molar-refractivity contribution >= 4 is 29.6 Å². The molecule has 9 heteroatoms. The van der Waals surface area contributed by atoms with Crippen molar-refractivity contribution in [2.45, 2.75) is 33.3 Å². The van der Waals surface area contributed by atoms with Crippen LogP contribution in [-0.2, 0) is 16.2 Å². The molecule has 8 nitrogen and oxygen atoms in total. The predicted molar refractivity (Wildman–Crippen MR) is 144 cm³/mol. The summed E-state index contributed by atoms with van der Waals surface area (Å²) in [6.45, 7) is 5.00. The molecule has 1 aliphatic rings. The fraction of sp³-hybridized carbons (Fsp3) is 0.233. The van der Waals surface area contributed by atoms with E-state index in [1.54, 1.807) is 54.6 Å². The fourth-order valence-electron chi connectivity index (χ4n) is 3.83. The molecule has 0 unspecified atom stereocenters. The molecular weight excluding hydrogens is 503 g/mol. The first kappa shape index (κ1) is 27.4. The van der Waals surface area contributed by atoms with Crippen LogP contribution in [0.1, 0.15) is 37.8 Å². The van der Waals surface area contributed by atoms with E-state index in [9.17, 15) is 18.8 Å². The number of hydrogen-bond donors (Lipinski definition) is 1. The van der Waals surface area contributed by atoms with Crippen molar-refractivity contribution in [1.29, 1.82) is 0 Å². The Morgan fingerprint density at radius 1 is 0.872 bits per heavy atom. The highest BCUT2D eigenvalue weighted by molar-refractivity contribution is 6.39. The zero-order chi connectivity index (χ0) is 27.8. The Bertz CT molecular complexity index is 1370. The van der Waals surface area contributed by atoms with Crippen LogP contribution in [0, 0.1) is 5.82 Å². The van der Waals surface area contributed by atoms with Gasteiger partial charge in [0.05, 0.1) is 18.9 Å². The fourth-order valence-corrected chi connectivity index (χ4v) is 3.83. The SMILES string of the molecule is CCCCOc1ccc(N2C(=O)NC(=O)/C(=C/c3ccc(OCc4ccc(F)cc4)c(OCC)c3)C2=O)cc1. The first-order valence-corrected chi connectivity index (χ1v) is 12.7. The molecule has 4 rings (SSSR count). The molecule has 0 spiro atoms. The monoisotopic (exact) mass is 532 g/mol. The molecule has 202 valence electrons.